The van der Waals surface area contributed by atoms with Gasteiger partial charge < -0.3 is 24.8 Å². The molecule has 2 aromatic heterocycles. The molecule has 4 heterocycles. The second kappa shape index (κ2) is 12.1. The van der Waals surface area contributed by atoms with Gasteiger partial charge in [-0.25, -0.2) is 4.98 Å². The summed E-state index contributed by atoms with van der Waals surface area (Å²) in [7, 11) is 0. The monoisotopic (exact) mass is 554 g/mol. The summed E-state index contributed by atoms with van der Waals surface area (Å²) in [6.45, 7) is 10.2. The van der Waals surface area contributed by atoms with Crippen molar-refractivity contribution in [1.82, 2.24) is 24.4 Å². The standard InChI is InChI=1S/C31H38N8O2/c1-3-36(4-2)30(40)23-9-8-16-38(21-23)31-34-28(27-29(35-31)39(22-32-27)26-10-6-5-7-11-26)33-24-12-14-25(15-13-24)37-17-19-41-20-18-37/h5-7,10-15,22-23H,3-4,8-9,16-21H2,1-2H3,(H,33,34,35). The van der Waals surface area contributed by atoms with Crippen LogP contribution in [0.5, 0.6) is 0 Å². The van der Waals surface area contributed by atoms with Crippen LogP contribution in [-0.4, -0.2) is 82.8 Å². The molecule has 2 aliphatic rings. The number of para-hydroxylation sites is 1. The number of aromatic nitrogens is 4. The van der Waals surface area contributed by atoms with Gasteiger partial charge in [-0.05, 0) is 63.1 Å². The van der Waals surface area contributed by atoms with Gasteiger partial charge in [-0.15, -0.1) is 0 Å². The number of fused-ring (bicyclic) bond motifs is 1. The van der Waals surface area contributed by atoms with Gasteiger partial charge in [-0.1, -0.05) is 18.2 Å². The van der Waals surface area contributed by atoms with E-state index < -0.39 is 0 Å². The zero-order chi connectivity index (χ0) is 28.2. The predicted octanol–water partition coefficient (Wildman–Crippen LogP) is 4.48. The number of carbonyl (C=O) groups is 1. The van der Waals surface area contributed by atoms with Crippen LogP contribution in [-0.2, 0) is 9.53 Å². The molecule has 0 aliphatic carbocycles. The highest BCUT2D eigenvalue weighted by molar-refractivity contribution is 5.88. The Bertz CT molecular complexity index is 1460. The molecule has 6 rings (SSSR count). The Kier molecular flexibility index (Phi) is 8.00. The molecule has 41 heavy (non-hydrogen) atoms. The van der Waals surface area contributed by atoms with Crippen molar-refractivity contribution < 1.29 is 9.53 Å². The van der Waals surface area contributed by atoms with Gasteiger partial charge in [-0.3, -0.25) is 9.36 Å². The van der Waals surface area contributed by atoms with Crippen molar-refractivity contribution in [2.45, 2.75) is 26.7 Å². The van der Waals surface area contributed by atoms with E-state index in [0.29, 0.717) is 23.8 Å². The lowest BCUT2D eigenvalue weighted by Crippen LogP contribution is -2.45. The van der Waals surface area contributed by atoms with Crippen molar-refractivity contribution in [3.8, 4) is 5.69 Å². The zero-order valence-electron chi connectivity index (χ0n) is 23.9. The molecule has 2 aromatic carbocycles. The number of hydrogen-bond acceptors (Lipinski definition) is 8. The molecule has 214 valence electrons. The van der Waals surface area contributed by atoms with Gasteiger partial charge >= 0.3 is 0 Å². The molecule has 2 saturated heterocycles. The lowest BCUT2D eigenvalue weighted by atomic mass is 9.96. The van der Waals surface area contributed by atoms with Crippen molar-refractivity contribution in [2.24, 2.45) is 5.92 Å². The number of nitrogens with one attached hydrogen (secondary N) is 1. The van der Waals surface area contributed by atoms with Crippen LogP contribution >= 0.6 is 0 Å². The Morgan fingerprint density at radius 2 is 1.71 bits per heavy atom. The minimum atomic E-state index is -0.0638. The largest absolute Gasteiger partial charge is 0.378 e. The molecule has 10 nitrogen and oxygen atoms in total. The molecule has 0 spiro atoms. The second-order valence-corrected chi connectivity index (χ2v) is 10.6. The minimum Gasteiger partial charge on any atom is -0.378 e. The molecule has 4 aromatic rings. The van der Waals surface area contributed by atoms with Crippen molar-refractivity contribution in [2.75, 3.05) is 67.6 Å². The van der Waals surface area contributed by atoms with E-state index in [9.17, 15) is 4.79 Å². The Balaban J connectivity index is 1.34. The van der Waals surface area contributed by atoms with Crippen LogP contribution in [0.4, 0.5) is 23.1 Å². The summed E-state index contributed by atoms with van der Waals surface area (Å²) >= 11 is 0. The number of morpholine rings is 1. The lowest BCUT2D eigenvalue weighted by Gasteiger charge is -2.34. The number of piperidine rings is 1. The van der Waals surface area contributed by atoms with Gasteiger partial charge in [0.25, 0.3) is 0 Å². The number of rotatable bonds is 8. The normalized spacial score (nSPS) is 17.6. The quantitative estimate of drug-likeness (QED) is 0.341. The molecule has 0 saturated carbocycles. The Morgan fingerprint density at radius 3 is 2.44 bits per heavy atom. The lowest BCUT2D eigenvalue weighted by molar-refractivity contribution is -0.135. The Hall–Kier alpha value is -4.18. The van der Waals surface area contributed by atoms with Gasteiger partial charge in [0.15, 0.2) is 17.0 Å². The molecular formula is C31H38N8O2. The molecule has 0 radical (unpaired) electrons. The van der Waals surface area contributed by atoms with E-state index in [1.807, 2.05) is 53.6 Å². The number of anilines is 4. The molecule has 10 heteroatoms. The maximum Gasteiger partial charge on any atom is 0.229 e. The summed E-state index contributed by atoms with van der Waals surface area (Å²) in [6.07, 6.45) is 3.60. The van der Waals surface area contributed by atoms with Gasteiger partial charge in [0.1, 0.15) is 6.33 Å². The minimum absolute atomic E-state index is 0.0638. The van der Waals surface area contributed by atoms with E-state index in [2.05, 4.69) is 39.4 Å². The fraction of sp³-hybridized carbons (Fsp3) is 0.419. The third kappa shape index (κ3) is 5.69. The van der Waals surface area contributed by atoms with E-state index in [-0.39, 0.29) is 11.8 Å². The van der Waals surface area contributed by atoms with E-state index in [4.69, 9.17) is 19.7 Å². The SMILES string of the molecule is CCN(CC)C(=O)C1CCCN(c2nc(Nc3ccc(N4CCOCC4)cc3)c3ncn(-c4ccccc4)c3n2)C1. The first kappa shape index (κ1) is 27.0. The maximum absolute atomic E-state index is 13.2. The fourth-order valence-electron chi connectivity index (χ4n) is 5.76. The molecule has 0 bridgehead atoms. The van der Waals surface area contributed by atoms with Gasteiger partial charge in [-0.2, -0.15) is 9.97 Å². The molecule has 1 N–H and O–H groups in total. The predicted molar refractivity (Wildman–Crippen MR) is 162 cm³/mol. The Morgan fingerprint density at radius 1 is 0.951 bits per heavy atom. The zero-order valence-corrected chi connectivity index (χ0v) is 23.9. The number of nitrogens with zero attached hydrogens (tertiary/aromatic N) is 7. The number of amides is 1. The van der Waals surface area contributed by atoms with Crippen molar-refractivity contribution >= 4 is 40.2 Å². The molecule has 1 atom stereocenters. The molecule has 1 unspecified atom stereocenters. The first-order valence-electron chi connectivity index (χ1n) is 14.7. The van der Waals surface area contributed by atoms with Gasteiger partial charge in [0.05, 0.1) is 19.1 Å². The van der Waals surface area contributed by atoms with E-state index in [0.717, 1.165) is 75.8 Å². The van der Waals surface area contributed by atoms with E-state index in [1.54, 1.807) is 6.33 Å². The Labute approximate surface area is 241 Å². The number of benzene rings is 2. The summed E-state index contributed by atoms with van der Waals surface area (Å²) in [5.74, 6) is 1.41. The van der Waals surface area contributed by atoms with Crippen LogP contribution in [0.15, 0.2) is 60.9 Å². The summed E-state index contributed by atoms with van der Waals surface area (Å²) in [4.78, 5) is 34.4. The third-order valence-corrected chi connectivity index (χ3v) is 8.05. The molecule has 1 amide bonds. The van der Waals surface area contributed by atoms with Gasteiger partial charge in [0.2, 0.25) is 11.9 Å². The average Bonchev–Trinajstić information content (AvgIpc) is 3.47. The highest BCUT2D eigenvalue weighted by Crippen LogP contribution is 2.30. The number of imidazole rings is 1. The van der Waals surface area contributed by atoms with Crippen LogP contribution in [0.2, 0.25) is 0 Å². The van der Waals surface area contributed by atoms with Crippen molar-refractivity contribution in [3.05, 3.63) is 60.9 Å². The summed E-state index contributed by atoms with van der Waals surface area (Å²) in [6, 6.07) is 18.5. The van der Waals surface area contributed by atoms with Crippen molar-refractivity contribution in [3.63, 3.8) is 0 Å². The topological polar surface area (TPSA) is 91.7 Å². The van der Waals surface area contributed by atoms with E-state index >= 15 is 0 Å². The van der Waals surface area contributed by atoms with Crippen LogP contribution in [0, 0.1) is 5.92 Å². The van der Waals surface area contributed by atoms with Crippen LogP contribution in [0.25, 0.3) is 16.9 Å². The summed E-state index contributed by atoms with van der Waals surface area (Å²) < 4.78 is 7.50. The van der Waals surface area contributed by atoms with Gasteiger partial charge in [0, 0.05) is 56.3 Å². The molecule has 2 fully saturated rings. The summed E-state index contributed by atoms with van der Waals surface area (Å²) in [5.41, 5.74) is 4.51. The highest BCUT2D eigenvalue weighted by Gasteiger charge is 2.30. The number of ether oxygens (including phenoxy) is 1. The first-order chi connectivity index (χ1) is 20.1. The fourth-order valence-corrected chi connectivity index (χ4v) is 5.76. The third-order valence-electron chi connectivity index (χ3n) is 8.05. The second-order valence-electron chi connectivity index (χ2n) is 10.6. The first-order valence-corrected chi connectivity index (χ1v) is 14.7. The summed E-state index contributed by atoms with van der Waals surface area (Å²) in [5, 5.41) is 3.52. The van der Waals surface area contributed by atoms with E-state index in [1.165, 1.54) is 5.69 Å². The highest BCUT2D eigenvalue weighted by atomic mass is 16.5. The molecular weight excluding hydrogens is 516 g/mol. The number of carbonyl (C=O) groups excluding carboxylic acids is 1. The smallest absolute Gasteiger partial charge is 0.229 e. The maximum atomic E-state index is 13.2. The molecule has 2 aliphatic heterocycles. The number of hydrogen-bond donors (Lipinski definition) is 1. The van der Waals surface area contributed by atoms with Crippen LogP contribution in [0.3, 0.4) is 0 Å². The average molecular weight is 555 g/mol. The van der Waals surface area contributed by atoms with Crippen LogP contribution in [0.1, 0.15) is 26.7 Å². The van der Waals surface area contributed by atoms with Crippen molar-refractivity contribution in [1.29, 1.82) is 0 Å². The van der Waals surface area contributed by atoms with Crippen LogP contribution < -0.4 is 15.1 Å².